The van der Waals surface area contributed by atoms with E-state index in [0.717, 1.165) is 42.6 Å². The zero-order valence-corrected chi connectivity index (χ0v) is 19.2. The molecule has 0 aliphatic heterocycles. The van der Waals surface area contributed by atoms with Crippen molar-refractivity contribution in [2.75, 3.05) is 11.9 Å². The molecule has 1 saturated carbocycles. The van der Waals surface area contributed by atoms with E-state index in [2.05, 4.69) is 20.9 Å². The van der Waals surface area contributed by atoms with Crippen LogP contribution >= 0.6 is 24.0 Å². The van der Waals surface area contributed by atoms with Crippen LogP contribution in [-0.4, -0.2) is 18.4 Å². The van der Waals surface area contributed by atoms with E-state index in [-0.39, 0.29) is 47.9 Å². The maximum atomic E-state index is 13.8. The predicted octanol–water partition coefficient (Wildman–Crippen LogP) is 4.58. The molecular formula is C22H27F2IN4O. The number of aliphatic imine (C=N–C) groups is 1. The molecule has 1 fully saturated rings. The van der Waals surface area contributed by atoms with Gasteiger partial charge >= 0.3 is 0 Å². The Morgan fingerprint density at radius 3 is 2.63 bits per heavy atom. The average molecular weight is 528 g/mol. The molecule has 1 aliphatic carbocycles. The maximum Gasteiger partial charge on any atom is 0.227 e. The molecular weight excluding hydrogens is 501 g/mol. The minimum absolute atomic E-state index is 0. The number of hydrogen-bond donors (Lipinski definition) is 3. The van der Waals surface area contributed by atoms with Crippen LogP contribution in [0.4, 0.5) is 14.5 Å². The zero-order valence-electron chi connectivity index (χ0n) is 16.9. The lowest BCUT2D eigenvalue weighted by molar-refractivity contribution is -0.122. The summed E-state index contributed by atoms with van der Waals surface area (Å²) in [6, 6.07) is 10.9. The Morgan fingerprint density at radius 2 is 1.93 bits per heavy atom. The monoisotopic (exact) mass is 528 g/mol. The molecule has 0 bridgehead atoms. The molecule has 0 unspecified atom stereocenters. The summed E-state index contributed by atoms with van der Waals surface area (Å²) in [5.41, 5.74) is 1.93. The summed E-state index contributed by atoms with van der Waals surface area (Å²) in [5, 5.41) is 9.06. The van der Waals surface area contributed by atoms with Crippen molar-refractivity contribution in [3.8, 4) is 0 Å². The van der Waals surface area contributed by atoms with Gasteiger partial charge in [-0.2, -0.15) is 0 Å². The number of nitrogens with one attached hydrogen (secondary N) is 3. The highest BCUT2D eigenvalue weighted by atomic mass is 127. The molecule has 0 aromatic heterocycles. The number of benzene rings is 2. The number of carbonyl (C=O) groups is 1. The van der Waals surface area contributed by atoms with Gasteiger partial charge in [-0.25, -0.2) is 13.8 Å². The van der Waals surface area contributed by atoms with Crippen LogP contribution in [0.15, 0.2) is 47.5 Å². The Balaban J connectivity index is 0.00000320. The number of carbonyl (C=O) groups excluding carboxylic acids is 1. The minimum atomic E-state index is -0.481. The molecule has 0 saturated heterocycles. The van der Waals surface area contributed by atoms with Gasteiger partial charge in [-0.15, -0.1) is 24.0 Å². The van der Waals surface area contributed by atoms with Gasteiger partial charge in [0, 0.05) is 30.3 Å². The van der Waals surface area contributed by atoms with Crippen molar-refractivity contribution >= 4 is 41.5 Å². The summed E-state index contributed by atoms with van der Waals surface area (Å²) in [4.78, 5) is 16.6. The highest BCUT2D eigenvalue weighted by molar-refractivity contribution is 14.0. The number of anilines is 1. The molecule has 2 aromatic carbocycles. The second-order valence-corrected chi connectivity index (χ2v) is 7.10. The van der Waals surface area contributed by atoms with Crippen molar-refractivity contribution in [1.82, 2.24) is 10.6 Å². The molecule has 1 aliphatic rings. The molecule has 8 heteroatoms. The van der Waals surface area contributed by atoms with Gasteiger partial charge in [-0.3, -0.25) is 4.79 Å². The summed E-state index contributed by atoms with van der Waals surface area (Å²) in [6.07, 6.45) is 3.03. The molecule has 0 spiro atoms. The first-order valence-corrected chi connectivity index (χ1v) is 9.91. The average Bonchev–Trinajstić information content (AvgIpc) is 2.65. The van der Waals surface area contributed by atoms with Gasteiger partial charge in [0.1, 0.15) is 11.6 Å². The highest BCUT2D eigenvalue weighted by Crippen LogP contribution is 2.27. The van der Waals surface area contributed by atoms with E-state index in [1.807, 2.05) is 31.2 Å². The van der Waals surface area contributed by atoms with Crippen LogP contribution in [0, 0.1) is 17.6 Å². The SMILES string of the molecule is CCNC(=NCc1cccc(NC(=O)C2CCC2)c1)NCc1cc(F)ccc1F.I. The minimum Gasteiger partial charge on any atom is -0.357 e. The first kappa shape index (κ1) is 24.0. The van der Waals surface area contributed by atoms with Crippen molar-refractivity contribution in [1.29, 1.82) is 0 Å². The molecule has 5 nitrogen and oxygen atoms in total. The zero-order chi connectivity index (χ0) is 20.6. The quantitative estimate of drug-likeness (QED) is 0.280. The summed E-state index contributed by atoms with van der Waals surface area (Å²) in [5.74, 6) is -0.246. The van der Waals surface area contributed by atoms with Crippen LogP contribution in [0.1, 0.15) is 37.3 Å². The van der Waals surface area contributed by atoms with Crippen molar-refractivity contribution in [2.24, 2.45) is 10.9 Å². The van der Waals surface area contributed by atoms with Crippen LogP contribution in [0.2, 0.25) is 0 Å². The predicted molar refractivity (Wildman–Crippen MR) is 126 cm³/mol. The molecule has 30 heavy (non-hydrogen) atoms. The summed E-state index contributed by atoms with van der Waals surface area (Å²) in [7, 11) is 0. The fourth-order valence-electron chi connectivity index (χ4n) is 3.03. The molecule has 2 aromatic rings. The number of guanidine groups is 1. The molecule has 0 heterocycles. The lowest BCUT2D eigenvalue weighted by Gasteiger charge is -2.24. The van der Waals surface area contributed by atoms with E-state index in [1.165, 1.54) is 6.07 Å². The van der Waals surface area contributed by atoms with Gasteiger partial charge in [0.25, 0.3) is 0 Å². The van der Waals surface area contributed by atoms with Crippen LogP contribution in [0.3, 0.4) is 0 Å². The van der Waals surface area contributed by atoms with E-state index < -0.39 is 11.6 Å². The first-order chi connectivity index (χ1) is 14.0. The lowest BCUT2D eigenvalue weighted by atomic mass is 9.85. The number of hydrogen-bond acceptors (Lipinski definition) is 2. The van der Waals surface area contributed by atoms with Crippen LogP contribution in [0.5, 0.6) is 0 Å². The van der Waals surface area contributed by atoms with Crippen molar-refractivity contribution in [2.45, 2.75) is 39.3 Å². The normalized spacial score (nSPS) is 13.8. The second-order valence-electron chi connectivity index (χ2n) is 7.10. The van der Waals surface area contributed by atoms with E-state index in [4.69, 9.17) is 0 Å². The van der Waals surface area contributed by atoms with Crippen LogP contribution in [-0.2, 0) is 17.9 Å². The van der Waals surface area contributed by atoms with Gasteiger partial charge in [0.05, 0.1) is 6.54 Å². The Hall–Kier alpha value is -2.23. The molecule has 1 amide bonds. The van der Waals surface area contributed by atoms with E-state index in [0.29, 0.717) is 19.0 Å². The largest absolute Gasteiger partial charge is 0.357 e. The third-order valence-corrected chi connectivity index (χ3v) is 4.89. The van der Waals surface area contributed by atoms with Gasteiger partial charge in [0.2, 0.25) is 5.91 Å². The first-order valence-electron chi connectivity index (χ1n) is 9.91. The fraction of sp³-hybridized carbons (Fsp3) is 0.364. The van der Waals surface area contributed by atoms with Crippen molar-refractivity contribution < 1.29 is 13.6 Å². The molecule has 3 N–H and O–H groups in total. The fourth-order valence-corrected chi connectivity index (χ4v) is 3.03. The van der Waals surface area contributed by atoms with E-state index in [9.17, 15) is 13.6 Å². The van der Waals surface area contributed by atoms with Crippen molar-refractivity contribution in [3.63, 3.8) is 0 Å². The summed E-state index contributed by atoms with van der Waals surface area (Å²) in [6.45, 7) is 3.06. The molecule has 0 atom stereocenters. The van der Waals surface area contributed by atoms with Gasteiger partial charge in [-0.05, 0) is 55.7 Å². The Kier molecular flexibility index (Phi) is 9.48. The maximum absolute atomic E-state index is 13.8. The molecule has 162 valence electrons. The van der Waals surface area contributed by atoms with Gasteiger partial charge < -0.3 is 16.0 Å². The summed E-state index contributed by atoms with van der Waals surface area (Å²) >= 11 is 0. The number of amides is 1. The van der Waals surface area contributed by atoms with Gasteiger partial charge in [0.15, 0.2) is 5.96 Å². The Bertz CT molecular complexity index is 887. The topological polar surface area (TPSA) is 65.5 Å². The highest BCUT2D eigenvalue weighted by Gasteiger charge is 2.25. The standard InChI is InChI=1S/C22H26F2N4O.HI/c1-2-25-22(27-14-17-12-18(23)9-10-20(17)24)26-13-15-5-3-8-19(11-15)28-21(29)16-6-4-7-16;/h3,5,8-12,16H,2,4,6-7,13-14H2,1H3,(H,28,29)(H2,25,26,27);1H. The van der Waals surface area contributed by atoms with Gasteiger partial charge in [-0.1, -0.05) is 18.6 Å². The Morgan fingerprint density at radius 1 is 1.13 bits per heavy atom. The second kappa shape index (κ2) is 11.8. The summed E-state index contributed by atoms with van der Waals surface area (Å²) < 4.78 is 27.1. The smallest absolute Gasteiger partial charge is 0.227 e. The van der Waals surface area contributed by atoms with E-state index >= 15 is 0 Å². The molecule has 3 rings (SSSR count). The van der Waals surface area contributed by atoms with Crippen LogP contribution < -0.4 is 16.0 Å². The third-order valence-electron chi connectivity index (χ3n) is 4.89. The molecule has 0 radical (unpaired) electrons. The lowest BCUT2D eigenvalue weighted by Crippen LogP contribution is -2.37. The Labute approximate surface area is 192 Å². The number of halogens is 3. The van der Waals surface area contributed by atoms with E-state index in [1.54, 1.807) is 0 Å². The van der Waals surface area contributed by atoms with Crippen LogP contribution in [0.25, 0.3) is 0 Å². The van der Waals surface area contributed by atoms with Crippen molar-refractivity contribution in [3.05, 3.63) is 65.2 Å². The number of rotatable bonds is 7. The third kappa shape index (κ3) is 6.93. The number of nitrogens with zero attached hydrogens (tertiary/aromatic N) is 1.